The number of rotatable bonds is 13. The highest BCUT2D eigenvalue weighted by Gasteiger charge is 2.28. The van der Waals surface area contributed by atoms with E-state index in [4.69, 9.17) is 11.6 Å². The molecule has 0 aromatic heterocycles. The van der Waals surface area contributed by atoms with Gasteiger partial charge in [0.25, 0.3) is 10.0 Å². The number of nitrogens with one attached hydrogen (secondary N) is 2. The molecule has 2 aromatic rings. The van der Waals surface area contributed by atoms with E-state index in [1.165, 1.54) is 12.5 Å². The highest BCUT2D eigenvalue weighted by Crippen LogP contribution is 2.34. The van der Waals surface area contributed by atoms with Gasteiger partial charge in [-0.3, -0.25) is 14.4 Å². The molecule has 2 N–H and O–H groups in total. The molecule has 2 aromatic carbocycles. The SMILES string of the molecule is CCCC(=O)N(CCNC(=O)C(CS)C1CCCCC1)Cc1ccc(-c2ccccc2S(=O)(=O)NC(C)=O)c(Cl)c1. The van der Waals surface area contributed by atoms with E-state index >= 15 is 0 Å². The van der Waals surface area contributed by atoms with Crippen molar-refractivity contribution in [1.29, 1.82) is 0 Å². The zero-order chi connectivity index (χ0) is 30.0. The molecule has 1 unspecified atom stereocenters. The Hall–Kier alpha value is -2.56. The van der Waals surface area contributed by atoms with Crippen LogP contribution in [0.3, 0.4) is 0 Å². The van der Waals surface area contributed by atoms with E-state index in [0.717, 1.165) is 38.2 Å². The summed E-state index contributed by atoms with van der Waals surface area (Å²) in [4.78, 5) is 39.0. The van der Waals surface area contributed by atoms with Gasteiger partial charge in [0.2, 0.25) is 17.7 Å². The summed E-state index contributed by atoms with van der Waals surface area (Å²) in [5.74, 6) is 0.0288. The summed E-state index contributed by atoms with van der Waals surface area (Å²) in [5.41, 5.74) is 1.61. The van der Waals surface area contributed by atoms with E-state index in [2.05, 4.69) is 17.9 Å². The van der Waals surface area contributed by atoms with Crippen LogP contribution in [0.2, 0.25) is 5.02 Å². The molecule has 1 saturated carbocycles. The van der Waals surface area contributed by atoms with Crippen molar-refractivity contribution in [2.45, 2.75) is 70.2 Å². The van der Waals surface area contributed by atoms with Gasteiger partial charge >= 0.3 is 0 Å². The van der Waals surface area contributed by atoms with Crippen molar-refractivity contribution >= 4 is 52.0 Å². The number of hydrogen-bond donors (Lipinski definition) is 3. The van der Waals surface area contributed by atoms with Crippen LogP contribution < -0.4 is 10.0 Å². The second-order valence-corrected chi connectivity index (χ2v) is 12.9. The Balaban J connectivity index is 1.74. The lowest BCUT2D eigenvalue weighted by Gasteiger charge is -2.29. The number of sulfonamides is 1. The number of halogens is 1. The fourth-order valence-electron chi connectivity index (χ4n) is 5.36. The smallest absolute Gasteiger partial charge is 0.264 e. The number of thiol groups is 1. The number of amides is 3. The van der Waals surface area contributed by atoms with Crippen LogP contribution in [0.25, 0.3) is 11.1 Å². The minimum Gasteiger partial charge on any atom is -0.354 e. The summed E-state index contributed by atoms with van der Waals surface area (Å²) < 4.78 is 27.5. The molecule has 1 aliphatic rings. The minimum atomic E-state index is -4.09. The van der Waals surface area contributed by atoms with Crippen molar-refractivity contribution in [1.82, 2.24) is 14.9 Å². The van der Waals surface area contributed by atoms with Crippen LogP contribution in [0.4, 0.5) is 0 Å². The van der Waals surface area contributed by atoms with Crippen LogP contribution in [0.15, 0.2) is 47.4 Å². The standard InChI is InChI=1S/C30H40ClN3O5S2/c1-3-9-29(36)34(17-16-32-30(37)26(20-40)23-10-5-4-6-11-23)19-22-14-15-24(27(31)18-22)25-12-7-8-13-28(25)41(38,39)33-21(2)35/h7-8,12-15,18,23,26,40H,3-6,9-11,16-17,19-20H2,1-2H3,(H,32,37)(H,33,35). The highest BCUT2D eigenvalue weighted by molar-refractivity contribution is 7.90. The maximum atomic E-state index is 12.9. The number of carbonyl (C=O) groups excluding carboxylic acids is 3. The summed E-state index contributed by atoms with van der Waals surface area (Å²) >= 11 is 11.1. The molecule has 1 atom stereocenters. The van der Waals surface area contributed by atoms with Crippen LogP contribution in [0, 0.1) is 11.8 Å². The number of nitrogens with zero attached hydrogens (tertiary/aromatic N) is 1. The number of hydrogen-bond acceptors (Lipinski definition) is 6. The van der Waals surface area contributed by atoms with E-state index in [9.17, 15) is 22.8 Å². The molecule has 8 nitrogen and oxygen atoms in total. The molecular formula is C30H40ClN3O5S2. The largest absolute Gasteiger partial charge is 0.354 e. The monoisotopic (exact) mass is 621 g/mol. The van der Waals surface area contributed by atoms with E-state index in [1.807, 2.05) is 11.6 Å². The van der Waals surface area contributed by atoms with Crippen molar-refractivity contribution in [2.75, 3.05) is 18.8 Å². The van der Waals surface area contributed by atoms with Gasteiger partial charge in [0.15, 0.2) is 0 Å². The zero-order valence-corrected chi connectivity index (χ0v) is 26.2. The Morgan fingerprint density at radius 3 is 2.41 bits per heavy atom. The molecule has 224 valence electrons. The van der Waals surface area contributed by atoms with Crippen molar-refractivity contribution in [3.05, 3.63) is 53.1 Å². The second kappa shape index (κ2) is 15.6. The number of carbonyl (C=O) groups is 3. The molecular weight excluding hydrogens is 582 g/mol. The van der Waals surface area contributed by atoms with Gasteiger partial charge in [-0.15, -0.1) is 0 Å². The molecule has 0 spiro atoms. The number of benzene rings is 2. The predicted octanol–water partition coefficient (Wildman–Crippen LogP) is 5.20. The average Bonchev–Trinajstić information content (AvgIpc) is 2.93. The molecule has 11 heteroatoms. The van der Waals surface area contributed by atoms with Crippen LogP contribution in [0.1, 0.15) is 64.4 Å². The molecule has 0 heterocycles. The molecule has 0 bridgehead atoms. The zero-order valence-electron chi connectivity index (χ0n) is 23.7. The molecule has 1 aliphatic carbocycles. The molecule has 0 aliphatic heterocycles. The van der Waals surface area contributed by atoms with E-state index in [-0.39, 0.29) is 22.6 Å². The third-order valence-electron chi connectivity index (χ3n) is 7.40. The summed E-state index contributed by atoms with van der Waals surface area (Å²) in [5, 5.41) is 3.34. The highest BCUT2D eigenvalue weighted by atomic mass is 35.5. The van der Waals surface area contributed by atoms with Crippen LogP contribution in [-0.4, -0.2) is 49.9 Å². The molecule has 41 heavy (non-hydrogen) atoms. The van der Waals surface area contributed by atoms with Gasteiger partial charge in [0.1, 0.15) is 0 Å². The third kappa shape index (κ3) is 9.21. The first-order valence-corrected chi connectivity index (χ1v) is 16.6. The summed E-state index contributed by atoms with van der Waals surface area (Å²) in [6.07, 6.45) is 6.72. The lowest BCUT2D eigenvalue weighted by atomic mass is 9.80. The van der Waals surface area contributed by atoms with Gasteiger partial charge in [-0.2, -0.15) is 12.6 Å². The van der Waals surface area contributed by atoms with Gasteiger partial charge in [0, 0.05) is 60.8 Å². The molecule has 0 saturated heterocycles. The van der Waals surface area contributed by atoms with Crippen molar-refractivity contribution in [3.8, 4) is 11.1 Å². The average molecular weight is 622 g/mol. The third-order valence-corrected chi connectivity index (χ3v) is 9.60. The van der Waals surface area contributed by atoms with Crippen LogP contribution in [-0.2, 0) is 31.0 Å². The van der Waals surface area contributed by atoms with E-state index < -0.39 is 15.9 Å². The van der Waals surface area contributed by atoms with Gasteiger partial charge < -0.3 is 10.2 Å². The van der Waals surface area contributed by atoms with Gasteiger partial charge in [-0.05, 0) is 42.9 Å². The van der Waals surface area contributed by atoms with Crippen molar-refractivity contribution in [2.24, 2.45) is 11.8 Å². The quantitative estimate of drug-likeness (QED) is 0.266. The van der Waals surface area contributed by atoms with Gasteiger partial charge in [-0.1, -0.05) is 68.1 Å². The molecule has 3 rings (SSSR count). The van der Waals surface area contributed by atoms with Gasteiger partial charge in [0.05, 0.1) is 4.90 Å². The van der Waals surface area contributed by atoms with E-state index in [1.54, 1.807) is 41.3 Å². The minimum absolute atomic E-state index is 0.00457. The maximum Gasteiger partial charge on any atom is 0.264 e. The Morgan fingerprint density at radius 2 is 1.78 bits per heavy atom. The molecule has 3 amide bonds. The summed E-state index contributed by atoms with van der Waals surface area (Å²) in [7, 11) is -4.09. The topological polar surface area (TPSA) is 113 Å². The predicted molar refractivity (Wildman–Crippen MR) is 165 cm³/mol. The summed E-state index contributed by atoms with van der Waals surface area (Å²) in [6.45, 7) is 4.06. The maximum absolute atomic E-state index is 12.9. The Morgan fingerprint density at radius 1 is 1.07 bits per heavy atom. The summed E-state index contributed by atoms with van der Waals surface area (Å²) in [6, 6.07) is 11.5. The first-order chi connectivity index (χ1) is 19.6. The fourth-order valence-corrected chi connectivity index (χ4v) is 7.34. The van der Waals surface area contributed by atoms with Crippen LogP contribution in [0.5, 0.6) is 0 Å². The van der Waals surface area contributed by atoms with E-state index in [0.29, 0.717) is 60.3 Å². The second-order valence-electron chi connectivity index (χ2n) is 10.5. The van der Waals surface area contributed by atoms with Crippen LogP contribution >= 0.6 is 24.2 Å². The Bertz CT molecular complexity index is 1330. The van der Waals surface area contributed by atoms with Crippen molar-refractivity contribution < 1.29 is 22.8 Å². The Labute approximate surface area is 254 Å². The lowest BCUT2D eigenvalue weighted by molar-refractivity contribution is -0.132. The molecule has 0 radical (unpaired) electrons. The Kier molecular flexibility index (Phi) is 12.5. The van der Waals surface area contributed by atoms with Crippen molar-refractivity contribution in [3.63, 3.8) is 0 Å². The molecule has 1 fully saturated rings. The first-order valence-electron chi connectivity index (χ1n) is 14.1. The lowest BCUT2D eigenvalue weighted by Crippen LogP contribution is -2.42. The first kappa shape index (κ1) is 32.9. The normalized spacial score (nSPS) is 14.7. The fraction of sp³-hybridized carbons (Fsp3) is 0.500. The van der Waals surface area contributed by atoms with Gasteiger partial charge in [-0.25, -0.2) is 13.1 Å².